The first-order valence-corrected chi connectivity index (χ1v) is 11.1. The maximum Gasteiger partial charge on any atom is 0.228 e. The van der Waals surface area contributed by atoms with Crippen LogP contribution in [0.1, 0.15) is 49.3 Å². The molecule has 2 aliphatic rings. The van der Waals surface area contributed by atoms with E-state index in [-0.39, 0.29) is 11.2 Å². The highest BCUT2D eigenvalue weighted by Gasteiger charge is 2.43. The molecule has 2 aromatic carbocycles. The number of fused-ring (bicyclic) bond motifs is 1. The van der Waals surface area contributed by atoms with Crippen LogP contribution >= 0.6 is 0 Å². The number of hydrogen-bond donors (Lipinski definition) is 1. The van der Waals surface area contributed by atoms with Gasteiger partial charge >= 0.3 is 0 Å². The summed E-state index contributed by atoms with van der Waals surface area (Å²) in [5.74, 6) is 1.51. The summed E-state index contributed by atoms with van der Waals surface area (Å²) in [5.41, 5.74) is 3.41. The van der Waals surface area contributed by atoms with Crippen LogP contribution in [0.3, 0.4) is 0 Å². The lowest BCUT2D eigenvalue weighted by atomic mass is 9.70. The van der Waals surface area contributed by atoms with Crippen molar-refractivity contribution in [3.63, 3.8) is 0 Å². The van der Waals surface area contributed by atoms with Crippen LogP contribution < -0.4 is 15.0 Å². The lowest BCUT2D eigenvalue weighted by molar-refractivity contribution is -0.118. The Morgan fingerprint density at radius 2 is 1.85 bits per heavy atom. The number of carbonyl (C=O) groups is 1. The molecule has 0 saturated carbocycles. The Kier molecular flexibility index (Phi) is 5.16. The molecule has 1 aliphatic carbocycles. The topological polar surface area (TPSA) is 77.2 Å². The van der Waals surface area contributed by atoms with Crippen molar-refractivity contribution in [1.82, 2.24) is 9.55 Å². The third-order valence-corrected chi connectivity index (χ3v) is 6.41. The normalized spacial score (nSPS) is 18.9. The predicted octanol–water partition coefficient (Wildman–Crippen LogP) is 4.59. The number of aromatic nitrogens is 2. The molecule has 5 rings (SSSR count). The van der Waals surface area contributed by atoms with Gasteiger partial charge in [-0.3, -0.25) is 10.2 Å². The Hall–Kier alpha value is -3.67. The molecule has 1 atom stereocenters. The van der Waals surface area contributed by atoms with E-state index in [4.69, 9.17) is 14.9 Å². The zero-order chi connectivity index (χ0) is 23.2. The first kappa shape index (κ1) is 21.2. The summed E-state index contributed by atoms with van der Waals surface area (Å²) in [7, 11) is 1.63. The number of methoxy groups -OCH3 is 1. The highest BCUT2D eigenvalue weighted by Crippen LogP contribution is 2.48. The number of nitrogens with one attached hydrogen (secondary N) is 1. The van der Waals surface area contributed by atoms with Gasteiger partial charge in [0.15, 0.2) is 5.78 Å². The minimum atomic E-state index is -0.401. The van der Waals surface area contributed by atoms with Gasteiger partial charge in [-0.2, -0.15) is 0 Å². The van der Waals surface area contributed by atoms with Crippen LogP contribution in [-0.4, -0.2) is 22.4 Å². The number of Topliss-reactive ketones (excluding diaryl/α,β-unsaturated/α-hetero) is 1. The first-order chi connectivity index (χ1) is 15.9. The summed E-state index contributed by atoms with van der Waals surface area (Å²) in [5, 5.41) is 9.07. The van der Waals surface area contributed by atoms with Gasteiger partial charge in [-0.05, 0) is 28.7 Å². The van der Waals surface area contributed by atoms with Crippen molar-refractivity contribution in [1.29, 1.82) is 5.41 Å². The Morgan fingerprint density at radius 1 is 1.12 bits per heavy atom. The van der Waals surface area contributed by atoms with E-state index in [2.05, 4.69) is 18.8 Å². The van der Waals surface area contributed by atoms with Crippen molar-refractivity contribution >= 4 is 5.78 Å². The second-order valence-electron chi connectivity index (χ2n) is 9.51. The Bertz CT molecular complexity index is 1300. The summed E-state index contributed by atoms with van der Waals surface area (Å²) >= 11 is 0. The van der Waals surface area contributed by atoms with Crippen molar-refractivity contribution in [3.8, 4) is 11.6 Å². The third kappa shape index (κ3) is 3.86. The molecule has 168 valence electrons. The van der Waals surface area contributed by atoms with Gasteiger partial charge < -0.3 is 14.0 Å². The quantitative estimate of drug-likeness (QED) is 0.643. The van der Waals surface area contributed by atoms with Crippen LogP contribution in [0.15, 0.2) is 72.3 Å². The molecular weight excluding hydrogens is 414 g/mol. The van der Waals surface area contributed by atoms with E-state index < -0.39 is 5.92 Å². The molecule has 0 bridgehead atoms. The van der Waals surface area contributed by atoms with Gasteiger partial charge in [0.05, 0.1) is 19.2 Å². The highest BCUT2D eigenvalue weighted by molar-refractivity contribution is 6.00. The van der Waals surface area contributed by atoms with E-state index in [1.54, 1.807) is 18.0 Å². The smallest absolute Gasteiger partial charge is 0.228 e. The molecule has 3 aromatic rings. The maximum atomic E-state index is 13.4. The molecule has 1 aromatic heterocycles. The van der Waals surface area contributed by atoms with Crippen molar-refractivity contribution in [2.45, 2.75) is 39.2 Å². The van der Waals surface area contributed by atoms with Crippen LogP contribution in [0.5, 0.6) is 11.6 Å². The standard InChI is InChI=1S/C27H27N3O3/c1-27(2)13-20(31)23-21(14-27)33-26-24(22(23)18-9-11-19(32-3)12-10-18)25(28)30(16-29-26)15-17-7-5-4-6-8-17/h4-12,16,22,28H,13-15H2,1-3H3/t22-/m1/s1. The van der Waals surface area contributed by atoms with E-state index in [9.17, 15) is 4.79 Å². The molecule has 33 heavy (non-hydrogen) atoms. The summed E-state index contributed by atoms with van der Waals surface area (Å²) in [6.45, 7) is 4.68. The van der Waals surface area contributed by atoms with Crippen molar-refractivity contribution < 1.29 is 14.3 Å². The zero-order valence-corrected chi connectivity index (χ0v) is 19.1. The van der Waals surface area contributed by atoms with Crippen LogP contribution in [0, 0.1) is 10.8 Å². The molecule has 1 N–H and O–H groups in total. The van der Waals surface area contributed by atoms with Crippen molar-refractivity contribution in [3.05, 3.63) is 94.4 Å². The number of ether oxygens (including phenoxy) is 2. The number of rotatable bonds is 4. The predicted molar refractivity (Wildman–Crippen MR) is 124 cm³/mol. The van der Waals surface area contributed by atoms with E-state index in [1.165, 1.54) is 0 Å². The first-order valence-electron chi connectivity index (χ1n) is 11.1. The molecule has 0 unspecified atom stereocenters. The van der Waals surface area contributed by atoms with Gasteiger partial charge in [0, 0.05) is 24.3 Å². The molecule has 0 radical (unpaired) electrons. The Morgan fingerprint density at radius 3 is 2.55 bits per heavy atom. The second kappa shape index (κ2) is 8.03. The fourth-order valence-electron chi connectivity index (χ4n) is 4.83. The largest absolute Gasteiger partial charge is 0.497 e. The molecule has 0 amide bonds. The van der Waals surface area contributed by atoms with Gasteiger partial charge in [0.1, 0.15) is 23.3 Å². The third-order valence-electron chi connectivity index (χ3n) is 6.41. The minimum Gasteiger partial charge on any atom is -0.497 e. The molecule has 1 aliphatic heterocycles. The van der Waals surface area contributed by atoms with Crippen molar-refractivity contribution in [2.75, 3.05) is 7.11 Å². The summed E-state index contributed by atoms with van der Waals surface area (Å²) in [6.07, 6.45) is 2.77. The molecule has 6 heteroatoms. The number of ketones is 1. The van der Waals surface area contributed by atoms with E-state index in [0.717, 1.165) is 16.9 Å². The Labute approximate surface area is 193 Å². The summed E-state index contributed by atoms with van der Waals surface area (Å²) in [6, 6.07) is 17.7. The van der Waals surface area contributed by atoms with Crippen LogP contribution in [-0.2, 0) is 11.3 Å². The van der Waals surface area contributed by atoms with E-state index in [1.807, 2.05) is 54.6 Å². The number of carbonyl (C=O) groups excluding carboxylic acids is 1. The SMILES string of the molecule is COc1ccc([C@@H]2C3=C(CC(C)(C)CC3=O)Oc3ncn(Cc4ccccc4)c(=N)c32)cc1. The summed E-state index contributed by atoms with van der Waals surface area (Å²) in [4.78, 5) is 18.0. The number of hydrogen-bond acceptors (Lipinski definition) is 5. The average molecular weight is 442 g/mol. The number of benzene rings is 2. The van der Waals surface area contributed by atoms with Gasteiger partial charge in [0.25, 0.3) is 0 Å². The molecule has 0 spiro atoms. The second-order valence-corrected chi connectivity index (χ2v) is 9.51. The fraction of sp³-hybridized carbons (Fsp3) is 0.296. The van der Waals surface area contributed by atoms with Gasteiger partial charge in [0.2, 0.25) is 5.88 Å². The zero-order valence-electron chi connectivity index (χ0n) is 19.1. The van der Waals surface area contributed by atoms with Gasteiger partial charge in [-0.1, -0.05) is 56.3 Å². The molecule has 0 fully saturated rings. The fourth-order valence-corrected chi connectivity index (χ4v) is 4.83. The average Bonchev–Trinajstić information content (AvgIpc) is 2.80. The molecule has 6 nitrogen and oxygen atoms in total. The minimum absolute atomic E-state index is 0.0746. The van der Waals surface area contributed by atoms with Gasteiger partial charge in [-0.25, -0.2) is 4.98 Å². The number of nitrogens with zero attached hydrogens (tertiary/aromatic N) is 2. The highest BCUT2D eigenvalue weighted by atomic mass is 16.5. The monoisotopic (exact) mass is 441 g/mol. The molecule has 0 saturated heterocycles. The maximum absolute atomic E-state index is 13.4. The lowest BCUT2D eigenvalue weighted by Gasteiger charge is -2.38. The van der Waals surface area contributed by atoms with Crippen LogP contribution in [0.2, 0.25) is 0 Å². The summed E-state index contributed by atoms with van der Waals surface area (Å²) < 4.78 is 13.3. The molecular formula is C27H27N3O3. The lowest BCUT2D eigenvalue weighted by Crippen LogP contribution is -2.37. The van der Waals surface area contributed by atoms with Crippen LogP contribution in [0.4, 0.5) is 0 Å². The number of allylic oxidation sites excluding steroid dienone is 2. The van der Waals surface area contributed by atoms with E-state index >= 15 is 0 Å². The van der Waals surface area contributed by atoms with Gasteiger partial charge in [-0.15, -0.1) is 0 Å². The Balaban J connectivity index is 1.68. The van der Waals surface area contributed by atoms with E-state index in [0.29, 0.717) is 47.6 Å². The molecule has 2 heterocycles. The van der Waals surface area contributed by atoms with Crippen LogP contribution in [0.25, 0.3) is 0 Å². The van der Waals surface area contributed by atoms with Crippen molar-refractivity contribution in [2.24, 2.45) is 5.41 Å².